The van der Waals surface area contributed by atoms with Crippen LogP contribution in [-0.2, 0) is 0 Å². The van der Waals surface area contributed by atoms with Crippen LogP contribution in [0.4, 0.5) is 0 Å². The van der Waals surface area contributed by atoms with E-state index in [9.17, 15) is 5.11 Å². The van der Waals surface area contributed by atoms with Crippen LogP contribution in [0.5, 0.6) is 0 Å². The number of hydrogen-bond acceptors (Lipinski definition) is 2. The molecule has 0 aliphatic carbocycles. The third kappa shape index (κ3) is 2.56. The SMILES string of the molecule is CC(C)c1ccc(C(O)N(C)C)cc1. The van der Waals surface area contributed by atoms with Gasteiger partial charge in [0.15, 0.2) is 0 Å². The Morgan fingerprint density at radius 2 is 1.43 bits per heavy atom. The lowest BCUT2D eigenvalue weighted by atomic mass is 10.0. The summed E-state index contributed by atoms with van der Waals surface area (Å²) in [6, 6.07) is 8.12. The summed E-state index contributed by atoms with van der Waals surface area (Å²) in [5.41, 5.74) is 2.25. The minimum absolute atomic E-state index is 0.504. The number of benzene rings is 1. The zero-order valence-corrected chi connectivity index (χ0v) is 9.36. The van der Waals surface area contributed by atoms with Gasteiger partial charge < -0.3 is 5.11 Å². The Balaban J connectivity index is 2.83. The molecule has 2 heteroatoms. The first-order chi connectivity index (χ1) is 6.52. The van der Waals surface area contributed by atoms with Gasteiger partial charge in [-0.05, 0) is 31.1 Å². The molecule has 1 aromatic rings. The van der Waals surface area contributed by atoms with E-state index < -0.39 is 6.23 Å². The molecule has 1 N–H and O–H groups in total. The zero-order chi connectivity index (χ0) is 10.7. The number of rotatable bonds is 3. The molecule has 0 saturated carbocycles. The van der Waals surface area contributed by atoms with Gasteiger partial charge in [0.2, 0.25) is 0 Å². The van der Waals surface area contributed by atoms with Crippen LogP contribution < -0.4 is 0 Å². The normalized spacial score (nSPS) is 13.6. The van der Waals surface area contributed by atoms with Crippen LogP contribution in [0.15, 0.2) is 24.3 Å². The van der Waals surface area contributed by atoms with Crippen molar-refractivity contribution < 1.29 is 5.11 Å². The van der Waals surface area contributed by atoms with Gasteiger partial charge in [-0.2, -0.15) is 0 Å². The van der Waals surface area contributed by atoms with Crippen molar-refractivity contribution in [3.05, 3.63) is 35.4 Å². The first kappa shape index (κ1) is 11.2. The van der Waals surface area contributed by atoms with E-state index in [1.807, 2.05) is 26.2 Å². The molecule has 0 aliphatic rings. The molecule has 0 spiro atoms. The van der Waals surface area contributed by atoms with E-state index in [-0.39, 0.29) is 0 Å². The monoisotopic (exact) mass is 193 g/mol. The fourth-order valence-electron chi connectivity index (χ4n) is 1.35. The Hall–Kier alpha value is -0.860. The lowest BCUT2D eigenvalue weighted by molar-refractivity contribution is 0.0395. The van der Waals surface area contributed by atoms with E-state index in [4.69, 9.17) is 0 Å². The summed E-state index contributed by atoms with van der Waals surface area (Å²) in [4.78, 5) is 1.78. The molecule has 2 nitrogen and oxygen atoms in total. The van der Waals surface area contributed by atoms with Gasteiger partial charge in [0.25, 0.3) is 0 Å². The van der Waals surface area contributed by atoms with Crippen molar-refractivity contribution in [1.82, 2.24) is 4.90 Å². The second-order valence-electron chi connectivity index (χ2n) is 4.16. The smallest absolute Gasteiger partial charge is 0.133 e. The van der Waals surface area contributed by atoms with Crippen LogP contribution in [0.1, 0.15) is 37.1 Å². The Labute approximate surface area is 86.2 Å². The third-order valence-corrected chi connectivity index (χ3v) is 2.39. The summed E-state index contributed by atoms with van der Waals surface area (Å²) < 4.78 is 0. The van der Waals surface area contributed by atoms with Crippen molar-refractivity contribution in [2.24, 2.45) is 0 Å². The molecular formula is C12H19NO. The van der Waals surface area contributed by atoms with E-state index in [1.165, 1.54) is 5.56 Å². The van der Waals surface area contributed by atoms with Crippen molar-refractivity contribution in [2.75, 3.05) is 14.1 Å². The number of nitrogens with zero attached hydrogens (tertiary/aromatic N) is 1. The van der Waals surface area contributed by atoms with Crippen molar-refractivity contribution in [3.8, 4) is 0 Å². The minimum Gasteiger partial charge on any atom is -0.374 e. The molecular weight excluding hydrogens is 174 g/mol. The quantitative estimate of drug-likeness (QED) is 0.745. The van der Waals surface area contributed by atoms with E-state index in [0.717, 1.165) is 5.56 Å². The maximum atomic E-state index is 9.75. The van der Waals surface area contributed by atoms with Crippen LogP contribution >= 0.6 is 0 Å². The van der Waals surface area contributed by atoms with Crippen molar-refractivity contribution in [2.45, 2.75) is 26.0 Å². The molecule has 0 heterocycles. The highest BCUT2D eigenvalue weighted by molar-refractivity contribution is 5.25. The fourth-order valence-corrected chi connectivity index (χ4v) is 1.35. The van der Waals surface area contributed by atoms with Crippen LogP contribution in [-0.4, -0.2) is 24.1 Å². The lowest BCUT2D eigenvalue weighted by Crippen LogP contribution is -2.19. The summed E-state index contributed by atoms with van der Waals surface area (Å²) in [5, 5.41) is 9.75. The molecule has 0 aliphatic heterocycles. The highest BCUT2D eigenvalue weighted by Crippen LogP contribution is 2.19. The van der Waals surface area contributed by atoms with Crippen LogP contribution in [0.3, 0.4) is 0 Å². The predicted molar refractivity (Wildman–Crippen MR) is 59.2 cm³/mol. The fraction of sp³-hybridized carbons (Fsp3) is 0.500. The molecule has 0 aromatic heterocycles. The van der Waals surface area contributed by atoms with Gasteiger partial charge in [0.1, 0.15) is 6.23 Å². The molecule has 14 heavy (non-hydrogen) atoms. The van der Waals surface area contributed by atoms with Crippen molar-refractivity contribution in [1.29, 1.82) is 0 Å². The maximum absolute atomic E-state index is 9.75. The minimum atomic E-state index is -0.504. The molecule has 0 amide bonds. The second-order valence-corrected chi connectivity index (χ2v) is 4.16. The Kier molecular flexibility index (Phi) is 3.67. The average molecular weight is 193 g/mol. The molecule has 1 rings (SSSR count). The summed E-state index contributed by atoms with van der Waals surface area (Å²) >= 11 is 0. The first-order valence-corrected chi connectivity index (χ1v) is 4.96. The molecule has 1 atom stereocenters. The van der Waals surface area contributed by atoms with Gasteiger partial charge in [-0.1, -0.05) is 38.1 Å². The van der Waals surface area contributed by atoms with Crippen molar-refractivity contribution >= 4 is 0 Å². The average Bonchev–Trinajstić information content (AvgIpc) is 2.16. The van der Waals surface area contributed by atoms with E-state index >= 15 is 0 Å². The van der Waals surface area contributed by atoms with E-state index in [2.05, 4.69) is 26.0 Å². The number of aliphatic hydroxyl groups excluding tert-OH is 1. The van der Waals surface area contributed by atoms with E-state index in [0.29, 0.717) is 5.92 Å². The second kappa shape index (κ2) is 4.58. The standard InChI is InChI=1S/C12H19NO/c1-9(2)10-5-7-11(8-6-10)12(14)13(3)4/h5-9,12,14H,1-4H3. The summed E-state index contributed by atoms with van der Waals surface area (Å²) in [6.45, 7) is 4.33. The molecule has 0 bridgehead atoms. The van der Waals surface area contributed by atoms with E-state index in [1.54, 1.807) is 4.90 Å². The first-order valence-electron chi connectivity index (χ1n) is 4.96. The van der Waals surface area contributed by atoms with Gasteiger partial charge in [0.05, 0.1) is 0 Å². The Morgan fingerprint density at radius 1 is 1.00 bits per heavy atom. The molecule has 1 aromatic carbocycles. The van der Waals surface area contributed by atoms with Crippen LogP contribution in [0.2, 0.25) is 0 Å². The van der Waals surface area contributed by atoms with Gasteiger partial charge >= 0.3 is 0 Å². The number of hydrogen-bond donors (Lipinski definition) is 1. The molecule has 0 saturated heterocycles. The van der Waals surface area contributed by atoms with Gasteiger partial charge in [-0.25, -0.2) is 0 Å². The molecule has 0 radical (unpaired) electrons. The maximum Gasteiger partial charge on any atom is 0.133 e. The summed E-state index contributed by atoms with van der Waals surface area (Å²) in [6.07, 6.45) is -0.504. The third-order valence-electron chi connectivity index (χ3n) is 2.39. The highest BCUT2D eigenvalue weighted by Gasteiger charge is 2.09. The van der Waals surface area contributed by atoms with Crippen molar-refractivity contribution in [3.63, 3.8) is 0 Å². The van der Waals surface area contributed by atoms with Crippen LogP contribution in [0.25, 0.3) is 0 Å². The molecule has 1 unspecified atom stereocenters. The molecule has 0 fully saturated rings. The number of aliphatic hydroxyl groups is 1. The molecule has 78 valence electrons. The Morgan fingerprint density at radius 3 is 1.79 bits per heavy atom. The lowest BCUT2D eigenvalue weighted by Gasteiger charge is -2.19. The Bertz CT molecular complexity index is 277. The van der Waals surface area contributed by atoms with Gasteiger partial charge in [0, 0.05) is 0 Å². The van der Waals surface area contributed by atoms with Gasteiger partial charge in [-0.15, -0.1) is 0 Å². The largest absolute Gasteiger partial charge is 0.374 e. The summed E-state index contributed by atoms with van der Waals surface area (Å²) in [7, 11) is 3.72. The van der Waals surface area contributed by atoms with Crippen LogP contribution in [0, 0.1) is 0 Å². The van der Waals surface area contributed by atoms with Gasteiger partial charge in [-0.3, -0.25) is 4.90 Å². The highest BCUT2D eigenvalue weighted by atomic mass is 16.3. The topological polar surface area (TPSA) is 23.5 Å². The predicted octanol–water partition coefficient (Wildman–Crippen LogP) is 2.36. The summed E-state index contributed by atoms with van der Waals surface area (Å²) in [5.74, 6) is 0.542. The zero-order valence-electron chi connectivity index (χ0n) is 9.36.